The number of imidazole rings is 1. The predicted molar refractivity (Wildman–Crippen MR) is 80.6 cm³/mol. The van der Waals surface area contributed by atoms with Gasteiger partial charge in [0.15, 0.2) is 0 Å². The van der Waals surface area contributed by atoms with E-state index in [0.29, 0.717) is 12.2 Å². The van der Waals surface area contributed by atoms with Crippen LogP contribution in [0.15, 0.2) is 12.4 Å². The van der Waals surface area contributed by atoms with Crippen molar-refractivity contribution in [3.8, 4) is 0 Å². The smallest absolute Gasteiger partial charge is 0.133 e. The van der Waals surface area contributed by atoms with Crippen LogP contribution in [0.2, 0.25) is 0 Å². The summed E-state index contributed by atoms with van der Waals surface area (Å²) in [5.41, 5.74) is 7.94. The fourth-order valence-electron chi connectivity index (χ4n) is 2.13. The van der Waals surface area contributed by atoms with Crippen LogP contribution >= 0.6 is 0 Å². The monoisotopic (exact) mass is 273 g/mol. The molecule has 0 radical (unpaired) electrons. The van der Waals surface area contributed by atoms with Crippen molar-refractivity contribution >= 4 is 5.82 Å². The standard InChI is InChI=1S/C15H23N5/c1-5-7-20-8-6-17-13(20)9-12-11(4)14(16)19-15(18-12)10(2)3/h6,8,10H,5,7,9H2,1-4H3,(H2,16,18,19). The van der Waals surface area contributed by atoms with E-state index < -0.39 is 0 Å². The first-order valence-electron chi connectivity index (χ1n) is 7.15. The van der Waals surface area contributed by atoms with Crippen LogP contribution in [-0.4, -0.2) is 19.5 Å². The molecule has 20 heavy (non-hydrogen) atoms. The highest BCUT2D eigenvalue weighted by Crippen LogP contribution is 2.19. The van der Waals surface area contributed by atoms with Crippen molar-refractivity contribution in [1.82, 2.24) is 19.5 Å². The SMILES string of the molecule is CCCn1ccnc1Cc1nc(C(C)C)nc(N)c1C. The molecule has 0 saturated carbocycles. The molecule has 0 fully saturated rings. The van der Waals surface area contributed by atoms with Gasteiger partial charge in [-0.05, 0) is 13.3 Å². The summed E-state index contributed by atoms with van der Waals surface area (Å²) in [5.74, 6) is 2.68. The molecule has 0 spiro atoms. The molecular weight excluding hydrogens is 250 g/mol. The van der Waals surface area contributed by atoms with Gasteiger partial charge < -0.3 is 10.3 Å². The van der Waals surface area contributed by atoms with Gasteiger partial charge in [-0.15, -0.1) is 0 Å². The summed E-state index contributed by atoms with van der Waals surface area (Å²) in [7, 11) is 0. The first-order chi connectivity index (χ1) is 9.52. The molecule has 5 heteroatoms. The van der Waals surface area contributed by atoms with Crippen molar-refractivity contribution in [1.29, 1.82) is 0 Å². The molecule has 0 saturated heterocycles. The van der Waals surface area contributed by atoms with Gasteiger partial charge >= 0.3 is 0 Å². The summed E-state index contributed by atoms with van der Waals surface area (Å²) in [5, 5.41) is 0. The van der Waals surface area contributed by atoms with Crippen molar-refractivity contribution in [3.05, 3.63) is 35.3 Å². The maximum Gasteiger partial charge on any atom is 0.133 e. The average molecular weight is 273 g/mol. The highest BCUT2D eigenvalue weighted by Gasteiger charge is 2.13. The molecule has 2 aromatic rings. The molecule has 0 atom stereocenters. The minimum Gasteiger partial charge on any atom is -0.383 e. The Morgan fingerprint density at radius 2 is 2.05 bits per heavy atom. The summed E-state index contributed by atoms with van der Waals surface area (Å²) in [6, 6.07) is 0. The second-order valence-electron chi connectivity index (χ2n) is 5.41. The molecule has 0 aliphatic rings. The Balaban J connectivity index is 2.35. The Bertz CT molecular complexity index is 586. The average Bonchev–Trinajstić information content (AvgIpc) is 2.82. The van der Waals surface area contributed by atoms with E-state index in [-0.39, 0.29) is 5.92 Å². The highest BCUT2D eigenvalue weighted by atomic mass is 15.1. The van der Waals surface area contributed by atoms with E-state index in [0.717, 1.165) is 35.9 Å². The highest BCUT2D eigenvalue weighted by molar-refractivity contribution is 5.42. The number of nitrogen functional groups attached to an aromatic ring is 1. The fourth-order valence-corrected chi connectivity index (χ4v) is 2.13. The number of aromatic nitrogens is 4. The number of rotatable bonds is 5. The maximum absolute atomic E-state index is 6.01. The topological polar surface area (TPSA) is 69.6 Å². The molecule has 2 aromatic heterocycles. The third kappa shape index (κ3) is 2.98. The van der Waals surface area contributed by atoms with Gasteiger partial charge in [-0.1, -0.05) is 20.8 Å². The van der Waals surface area contributed by atoms with Crippen LogP contribution in [0, 0.1) is 6.92 Å². The Morgan fingerprint density at radius 1 is 1.30 bits per heavy atom. The van der Waals surface area contributed by atoms with E-state index in [1.165, 1.54) is 0 Å². The Labute approximate surface area is 120 Å². The van der Waals surface area contributed by atoms with Gasteiger partial charge in [0.25, 0.3) is 0 Å². The van der Waals surface area contributed by atoms with Gasteiger partial charge in [-0.3, -0.25) is 0 Å². The summed E-state index contributed by atoms with van der Waals surface area (Å²) < 4.78 is 2.17. The maximum atomic E-state index is 6.01. The molecule has 0 amide bonds. The first kappa shape index (κ1) is 14.5. The molecule has 108 valence electrons. The van der Waals surface area contributed by atoms with E-state index in [1.807, 2.05) is 19.3 Å². The third-order valence-electron chi connectivity index (χ3n) is 3.41. The zero-order chi connectivity index (χ0) is 14.7. The van der Waals surface area contributed by atoms with E-state index in [9.17, 15) is 0 Å². The lowest BCUT2D eigenvalue weighted by Crippen LogP contribution is -2.11. The van der Waals surface area contributed by atoms with Crippen LogP contribution in [0.25, 0.3) is 0 Å². The van der Waals surface area contributed by atoms with Gasteiger partial charge in [0.1, 0.15) is 17.5 Å². The summed E-state index contributed by atoms with van der Waals surface area (Å²) in [6.45, 7) is 9.26. The van der Waals surface area contributed by atoms with Crippen LogP contribution in [0.4, 0.5) is 5.82 Å². The van der Waals surface area contributed by atoms with E-state index >= 15 is 0 Å². The summed E-state index contributed by atoms with van der Waals surface area (Å²) in [6.07, 6.45) is 5.65. The molecule has 2 rings (SSSR count). The minimum atomic E-state index is 0.270. The van der Waals surface area contributed by atoms with E-state index in [2.05, 4.69) is 40.3 Å². The van der Waals surface area contributed by atoms with Gasteiger partial charge in [-0.25, -0.2) is 15.0 Å². The van der Waals surface area contributed by atoms with Crippen LogP contribution in [0.1, 0.15) is 56.0 Å². The number of hydrogen-bond donors (Lipinski definition) is 1. The second kappa shape index (κ2) is 6.03. The summed E-state index contributed by atoms with van der Waals surface area (Å²) >= 11 is 0. The molecule has 2 N–H and O–H groups in total. The number of nitrogens with two attached hydrogens (primary N) is 1. The fraction of sp³-hybridized carbons (Fsp3) is 0.533. The van der Waals surface area contributed by atoms with Crippen molar-refractivity contribution in [2.75, 3.05) is 5.73 Å². The molecular formula is C15H23N5. The quantitative estimate of drug-likeness (QED) is 0.909. The van der Waals surface area contributed by atoms with Crippen LogP contribution in [0.5, 0.6) is 0 Å². The van der Waals surface area contributed by atoms with Gasteiger partial charge in [0.05, 0.1) is 5.69 Å². The molecule has 0 unspecified atom stereocenters. The first-order valence-corrected chi connectivity index (χ1v) is 7.15. The lowest BCUT2D eigenvalue weighted by atomic mass is 10.1. The molecule has 0 aliphatic carbocycles. The van der Waals surface area contributed by atoms with Crippen LogP contribution in [-0.2, 0) is 13.0 Å². The lowest BCUT2D eigenvalue weighted by molar-refractivity contribution is 0.642. The van der Waals surface area contributed by atoms with Crippen LogP contribution < -0.4 is 5.73 Å². The minimum absolute atomic E-state index is 0.270. The van der Waals surface area contributed by atoms with Crippen molar-refractivity contribution in [2.24, 2.45) is 0 Å². The normalized spacial score (nSPS) is 11.2. The molecule has 5 nitrogen and oxygen atoms in total. The molecule has 2 heterocycles. The lowest BCUT2D eigenvalue weighted by Gasteiger charge is -2.12. The number of aryl methyl sites for hydroxylation is 1. The van der Waals surface area contributed by atoms with Crippen molar-refractivity contribution in [2.45, 2.75) is 53.0 Å². The zero-order valence-corrected chi connectivity index (χ0v) is 12.7. The summed E-state index contributed by atoms with van der Waals surface area (Å²) in [4.78, 5) is 13.5. The Morgan fingerprint density at radius 3 is 2.70 bits per heavy atom. The van der Waals surface area contributed by atoms with E-state index in [1.54, 1.807) is 0 Å². The Kier molecular flexibility index (Phi) is 4.37. The van der Waals surface area contributed by atoms with Crippen molar-refractivity contribution in [3.63, 3.8) is 0 Å². The van der Waals surface area contributed by atoms with Gasteiger partial charge in [-0.2, -0.15) is 0 Å². The number of nitrogens with zero attached hydrogens (tertiary/aromatic N) is 4. The van der Waals surface area contributed by atoms with E-state index in [4.69, 9.17) is 5.73 Å². The van der Waals surface area contributed by atoms with Crippen LogP contribution in [0.3, 0.4) is 0 Å². The predicted octanol–water partition coefficient (Wildman–Crippen LogP) is 2.69. The largest absolute Gasteiger partial charge is 0.383 e. The zero-order valence-electron chi connectivity index (χ0n) is 12.7. The second-order valence-corrected chi connectivity index (χ2v) is 5.41. The van der Waals surface area contributed by atoms with Crippen molar-refractivity contribution < 1.29 is 0 Å². The third-order valence-corrected chi connectivity index (χ3v) is 3.41. The molecule has 0 bridgehead atoms. The number of hydrogen-bond acceptors (Lipinski definition) is 4. The van der Waals surface area contributed by atoms with Gasteiger partial charge in [0.2, 0.25) is 0 Å². The number of anilines is 1. The molecule has 0 aromatic carbocycles. The molecule has 0 aliphatic heterocycles. The Hall–Kier alpha value is -1.91. The van der Waals surface area contributed by atoms with Gasteiger partial charge in [0, 0.05) is 36.8 Å².